The molecule has 0 aliphatic carbocycles. The van der Waals surface area contributed by atoms with E-state index < -0.39 is 11.5 Å². The number of aromatic nitrogens is 2. The van der Waals surface area contributed by atoms with Crippen molar-refractivity contribution in [3.63, 3.8) is 0 Å². The van der Waals surface area contributed by atoms with Crippen LogP contribution in [0.15, 0.2) is 59.5 Å². The van der Waals surface area contributed by atoms with E-state index in [9.17, 15) is 9.59 Å². The molecule has 2 aromatic carbocycles. The first-order chi connectivity index (χ1) is 13.5. The summed E-state index contributed by atoms with van der Waals surface area (Å²) in [5, 5.41) is 3.16. The molecule has 0 spiro atoms. The molecule has 1 N–H and O–H groups in total. The second kappa shape index (κ2) is 8.39. The Morgan fingerprint density at radius 2 is 1.86 bits per heavy atom. The minimum Gasteiger partial charge on any atom is -0.490 e. The Hall–Kier alpha value is -3.61. The maximum absolute atomic E-state index is 12.2. The minimum atomic E-state index is -0.476. The minimum absolute atomic E-state index is 0.154. The van der Waals surface area contributed by atoms with Crippen molar-refractivity contribution in [3.05, 3.63) is 81.8 Å². The fourth-order valence-electron chi connectivity index (χ4n) is 2.84. The zero-order valence-corrected chi connectivity index (χ0v) is 15.9. The molecular formula is C21H21N3O4. The van der Waals surface area contributed by atoms with Crippen molar-refractivity contribution in [1.82, 2.24) is 9.55 Å². The Morgan fingerprint density at radius 3 is 2.54 bits per heavy atom. The van der Waals surface area contributed by atoms with Crippen LogP contribution >= 0.6 is 0 Å². The molecule has 1 aromatic heterocycles. The van der Waals surface area contributed by atoms with Gasteiger partial charge in [-0.3, -0.25) is 4.79 Å². The van der Waals surface area contributed by atoms with Gasteiger partial charge in [0.05, 0.1) is 32.5 Å². The molecule has 0 aliphatic heterocycles. The van der Waals surface area contributed by atoms with Crippen molar-refractivity contribution in [2.24, 2.45) is 0 Å². The fourth-order valence-corrected chi connectivity index (χ4v) is 2.84. The van der Waals surface area contributed by atoms with E-state index in [0.29, 0.717) is 29.3 Å². The smallest absolute Gasteiger partial charge is 0.338 e. The van der Waals surface area contributed by atoms with Crippen molar-refractivity contribution >= 4 is 17.6 Å². The highest BCUT2D eigenvalue weighted by molar-refractivity contribution is 5.92. The van der Waals surface area contributed by atoms with Gasteiger partial charge in [-0.15, -0.1) is 0 Å². The lowest BCUT2D eigenvalue weighted by Crippen LogP contribution is -2.19. The highest BCUT2D eigenvalue weighted by Gasteiger charge is 2.15. The Bertz CT molecular complexity index is 1050. The van der Waals surface area contributed by atoms with E-state index in [1.807, 2.05) is 36.4 Å². The molecule has 144 valence electrons. The monoisotopic (exact) mass is 379 g/mol. The predicted octanol–water partition coefficient (Wildman–Crippen LogP) is 3.14. The molecule has 0 saturated carbocycles. The third kappa shape index (κ3) is 4.03. The van der Waals surface area contributed by atoms with Gasteiger partial charge >= 0.3 is 11.5 Å². The molecule has 3 rings (SSSR count). The highest BCUT2D eigenvalue weighted by atomic mass is 16.5. The lowest BCUT2D eigenvalue weighted by Gasteiger charge is -2.17. The van der Waals surface area contributed by atoms with Gasteiger partial charge in [-0.2, -0.15) is 4.98 Å². The fraction of sp³-hybridized carbons (Fsp3) is 0.190. The molecule has 0 unspecified atom stereocenters. The van der Waals surface area contributed by atoms with Crippen LogP contribution < -0.4 is 15.6 Å². The Balaban J connectivity index is 2.03. The third-order valence-corrected chi connectivity index (χ3v) is 4.36. The summed E-state index contributed by atoms with van der Waals surface area (Å²) in [6.45, 7) is 2.29. The van der Waals surface area contributed by atoms with Gasteiger partial charge in [-0.05, 0) is 30.2 Å². The average molecular weight is 379 g/mol. The molecule has 28 heavy (non-hydrogen) atoms. The molecule has 0 amide bonds. The van der Waals surface area contributed by atoms with Crippen LogP contribution in [-0.2, 0) is 11.3 Å². The quantitative estimate of drug-likeness (QED) is 0.663. The zero-order chi connectivity index (χ0) is 20.1. The first kappa shape index (κ1) is 19.2. The van der Waals surface area contributed by atoms with Crippen LogP contribution in [0, 0.1) is 6.92 Å². The predicted molar refractivity (Wildman–Crippen MR) is 106 cm³/mol. The van der Waals surface area contributed by atoms with E-state index in [1.165, 1.54) is 14.2 Å². The van der Waals surface area contributed by atoms with E-state index in [4.69, 9.17) is 9.47 Å². The largest absolute Gasteiger partial charge is 0.490 e. The standard InChI is InChI=1S/C21H21N3O4/c1-14-16(20(26)28-3)10-7-11-17(14)22-21-23-19(25)18(27-2)13-24(21)12-15-8-5-4-6-9-15/h4-11,13H,12H2,1-3H3,(H,22,23,25). The Morgan fingerprint density at radius 1 is 1.11 bits per heavy atom. The Labute approximate surface area is 162 Å². The number of carbonyl (C=O) groups is 1. The summed E-state index contributed by atoms with van der Waals surface area (Å²) in [4.78, 5) is 28.3. The van der Waals surface area contributed by atoms with Crippen molar-refractivity contribution < 1.29 is 14.3 Å². The molecule has 0 bridgehead atoms. The van der Waals surface area contributed by atoms with Gasteiger partial charge in [0, 0.05) is 5.69 Å². The van der Waals surface area contributed by atoms with Crippen LogP contribution in [-0.4, -0.2) is 29.7 Å². The zero-order valence-electron chi connectivity index (χ0n) is 15.9. The molecule has 0 aliphatic rings. The van der Waals surface area contributed by atoms with Crippen molar-refractivity contribution in [2.45, 2.75) is 13.5 Å². The lowest BCUT2D eigenvalue weighted by molar-refractivity contribution is 0.0600. The number of carbonyl (C=O) groups excluding carboxylic acids is 1. The number of hydrogen-bond donors (Lipinski definition) is 1. The topological polar surface area (TPSA) is 82.4 Å². The summed E-state index contributed by atoms with van der Waals surface area (Å²) < 4.78 is 11.7. The van der Waals surface area contributed by atoms with Gasteiger partial charge in [0.1, 0.15) is 0 Å². The first-order valence-electron chi connectivity index (χ1n) is 8.68. The SMILES string of the molecule is COC(=O)c1cccc(Nc2nc(=O)c(OC)cn2Cc2ccccc2)c1C. The van der Waals surface area contributed by atoms with Gasteiger partial charge in [0.2, 0.25) is 11.7 Å². The molecule has 1 heterocycles. The van der Waals surface area contributed by atoms with Crippen molar-refractivity contribution in [1.29, 1.82) is 0 Å². The van der Waals surface area contributed by atoms with Crippen molar-refractivity contribution in [3.8, 4) is 5.75 Å². The highest BCUT2D eigenvalue weighted by Crippen LogP contribution is 2.23. The summed E-state index contributed by atoms with van der Waals surface area (Å²) in [6.07, 6.45) is 1.62. The van der Waals surface area contributed by atoms with Crippen LogP contribution in [0.4, 0.5) is 11.6 Å². The second-order valence-corrected chi connectivity index (χ2v) is 6.15. The van der Waals surface area contributed by atoms with E-state index in [-0.39, 0.29) is 5.75 Å². The summed E-state index contributed by atoms with van der Waals surface area (Å²) in [6, 6.07) is 15.0. The van der Waals surface area contributed by atoms with Crippen LogP contribution in [0.25, 0.3) is 0 Å². The van der Waals surface area contributed by atoms with E-state index in [1.54, 1.807) is 29.8 Å². The lowest BCUT2D eigenvalue weighted by atomic mass is 10.1. The summed E-state index contributed by atoms with van der Waals surface area (Å²) >= 11 is 0. The number of esters is 1. The maximum Gasteiger partial charge on any atom is 0.338 e. The van der Waals surface area contributed by atoms with Gasteiger partial charge in [0.15, 0.2) is 0 Å². The average Bonchev–Trinajstić information content (AvgIpc) is 2.71. The molecule has 7 heteroatoms. The van der Waals surface area contributed by atoms with Gasteiger partial charge < -0.3 is 19.4 Å². The molecule has 0 saturated heterocycles. The van der Waals surface area contributed by atoms with Crippen LogP contribution in [0.3, 0.4) is 0 Å². The maximum atomic E-state index is 12.2. The Kier molecular flexibility index (Phi) is 5.74. The molecular weight excluding hydrogens is 358 g/mol. The summed E-state index contributed by atoms with van der Waals surface area (Å²) in [5.74, 6) is 0.0757. The van der Waals surface area contributed by atoms with E-state index >= 15 is 0 Å². The number of ether oxygens (including phenoxy) is 2. The molecule has 7 nitrogen and oxygen atoms in total. The molecule has 0 radical (unpaired) electrons. The summed E-state index contributed by atoms with van der Waals surface area (Å²) in [5.41, 5.74) is 2.36. The number of hydrogen-bond acceptors (Lipinski definition) is 6. The number of nitrogens with zero attached hydrogens (tertiary/aromatic N) is 2. The van der Waals surface area contributed by atoms with Gasteiger partial charge in [-0.25, -0.2) is 4.79 Å². The first-order valence-corrected chi connectivity index (χ1v) is 8.68. The number of rotatable bonds is 6. The van der Waals surface area contributed by atoms with Crippen LogP contribution in [0.1, 0.15) is 21.5 Å². The van der Waals surface area contributed by atoms with Gasteiger partial charge in [-0.1, -0.05) is 36.4 Å². The van der Waals surface area contributed by atoms with Crippen LogP contribution in [0.2, 0.25) is 0 Å². The van der Waals surface area contributed by atoms with Crippen molar-refractivity contribution in [2.75, 3.05) is 19.5 Å². The summed E-state index contributed by atoms with van der Waals surface area (Å²) in [7, 11) is 2.77. The number of anilines is 2. The van der Waals surface area contributed by atoms with E-state index in [0.717, 1.165) is 5.56 Å². The second-order valence-electron chi connectivity index (χ2n) is 6.15. The number of benzene rings is 2. The van der Waals surface area contributed by atoms with Crippen LogP contribution in [0.5, 0.6) is 5.75 Å². The number of methoxy groups -OCH3 is 2. The normalized spacial score (nSPS) is 10.4. The third-order valence-electron chi connectivity index (χ3n) is 4.36. The molecule has 3 aromatic rings. The number of nitrogens with one attached hydrogen (secondary N) is 1. The van der Waals surface area contributed by atoms with Gasteiger partial charge in [0.25, 0.3) is 0 Å². The van der Waals surface area contributed by atoms with E-state index in [2.05, 4.69) is 10.3 Å². The molecule has 0 fully saturated rings. The molecule has 0 atom stereocenters.